The molecule has 1 heterocycles. The summed E-state index contributed by atoms with van der Waals surface area (Å²) < 4.78 is 5.30. The van der Waals surface area contributed by atoms with Gasteiger partial charge in [-0.15, -0.1) is 0 Å². The van der Waals surface area contributed by atoms with Crippen LogP contribution in [0.25, 0.3) is 0 Å². The lowest BCUT2D eigenvalue weighted by atomic mass is 9.94. The zero-order chi connectivity index (χ0) is 14.2. The van der Waals surface area contributed by atoms with Crippen LogP contribution in [0.2, 0.25) is 0 Å². The smallest absolute Gasteiger partial charge is 0.0491 e. The number of nitrogens with zero attached hydrogens (tertiary/aromatic N) is 1. The van der Waals surface area contributed by atoms with Crippen LogP contribution in [-0.2, 0) is 4.74 Å². The van der Waals surface area contributed by atoms with Gasteiger partial charge in [0.2, 0.25) is 0 Å². The minimum absolute atomic E-state index is 0.733. The highest BCUT2D eigenvalue weighted by molar-refractivity contribution is 4.84. The summed E-state index contributed by atoms with van der Waals surface area (Å²) >= 11 is 0. The molecule has 1 aliphatic heterocycles. The number of rotatable bonds is 8. The molecule has 0 spiro atoms. The van der Waals surface area contributed by atoms with E-state index in [-0.39, 0.29) is 0 Å². The van der Waals surface area contributed by atoms with Crippen molar-refractivity contribution in [3.05, 3.63) is 0 Å². The normalized spacial score (nSPS) is 24.3. The Morgan fingerprint density at radius 2 is 1.85 bits per heavy atom. The standard InChI is InChI=1S/C17H34N2O/c1-3-10-18-17(16-6-4-5-7-16)13-19-11-8-15(9-12-19)14-20-2/h15-18H,3-14H2,1-2H3. The Hall–Kier alpha value is -0.120. The zero-order valence-electron chi connectivity index (χ0n) is 13.6. The van der Waals surface area contributed by atoms with Crippen LogP contribution in [-0.4, -0.2) is 50.8 Å². The number of ether oxygens (including phenoxy) is 1. The van der Waals surface area contributed by atoms with E-state index in [0.29, 0.717) is 0 Å². The molecule has 1 atom stereocenters. The van der Waals surface area contributed by atoms with Crippen LogP contribution in [0.15, 0.2) is 0 Å². The molecule has 2 aliphatic rings. The molecular formula is C17H34N2O. The number of hydrogen-bond acceptors (Lipinski definition) is 3. The molecule has 1 saturated heterocycles. The summed E-state index contributed by atoms with van der Waals surface area (Å²) in [5, 5.41) is 3.83. The summed E-state index contributed by atoms with van der Waals surface area (Å²) in [5.41, 5.74) is 0. The Bertz CT molecular complexity index is 245. The maximum Gasteiger partial charge on any atom is 0.0491 e. The number of methoxy groups -OCH3 is 1. The van der Waals surface area contributed by atoms with Crippen molar-refractivity contribution in [2.75, 3.05) is 39.9 Å². The van der Waals surface area contributed by atoms with Crippen molar-refractivity contribution in [1.82, 2.24) is 10.2 Å². The minimum atomic E-state index is 0.733. The van der Waals surface area contributed by atoms with Crippen molar-refractivity contribution >= 4 is 0 Å². The van der Waals surface area contributed by atoms with E-state index in [0.717, 1.165) is 24.5 Å². The van der Waals surface area contributed by atoms with Crippen LogP contribution < -0.4 is 5.32 Å². The largest absolute Gasteiger partial charge is 0.384 e. The first kappa shape index (κ1) is 16.3. The summed E-state index contributed by atoms with van der Waals surface area (Å²) in [6.07, 6.45) is 9.68. The van der Waals surface area contributed by atoms with Crippen LogP contribution >= 0.6 is 0 Å². The predicted octanol–water partition coefficient (Wildman–Crippen LogP) is 2.90. The fraction of sp³-hybridized carbons (Fsp3) is 1.00. The van der Waals surface area contributed by atoms with E-state index in [9.17, 15) is 0 Å². The highest BCUT2D eigenvalue weighted by Crippen LogP contribution is 2.29. The second kappa shape index (κ2) is 9.01. The monoisotopic (exact) mass is 282 g/mol. The summed E-state index contributed by atoms with van der Waals surface area (Å²) in [4.78, 5) is 2.69. The van der Waals surface area contributed by atoms with E-state index in [1.165, 1.54) is 71.1 Å². The Labute approximate surface area is 125 Å². The average molecular weight is 282 g/mol. The molecule has 0 aromatic carbocycles. The van der Waals surface area contributed by atoms with Crippen LogP contribution in [0.1, 0.15) is 51.9 Å². The van der Waals surface area contributed by atoms with Crippen molar-refractivity contribution in [1.29, 1.82) is 0 Å². The third kappa shape index (κ3) is 5.01. The maximum absolute atomic E-state index is 5.30. The van der Waals surface area contributed by atoms with Gasteiger partial charge in [-0.3, -0.25) is 0 Å². The van der Waals surface area contributed by atoms with Crippen molar-refractivity contribution in [2.24, 2.45) is 11.8 Å². The molecule has 0 aromatic rings. The Kier molecular flexibility index (Phi) is 7.32. The molecule has 1 saturated carbocycles. The number of nitrogens with one attached hydrogen (secondary N) is 1. The molecule has 3 heteroatoms. The van der Waals surface area contributed by atoms with Gasteiger partial charge in [0.15, 0.2) is 0 Å². The number of hydrogen-bond donors (Lipinski definition) is 1. The predicted molar refractivity (Wildman–Crippen MR) is 85.1 cm³/mol. The summed E-state index contributed by atoms with van der Waals surface area (Å²) in [5.74, 6) is 1.73. The molecule has 2 fully saturated rings. The zero-order valence-corrected chi connectivity index (χ0v) is 13.6. The second-order valence-corrected chi connectivity index (χ2v) is 6.80. The molecule has 1 unspecified atom stereocenters. The van der Waals surface area contributed by atoms with Gasteiger partial charge in [0.25, 0.3) is 0 Å². The Morgan fingerprint density at radius 3 is 2.45 bits per heavy atom. The van der Waals surface area contributed by atoms with Crippen LogP contribution in [0.5, 0.6) is 0 Å². The van der Waals surface area contributed by atoms with Crippen molar-refractivity contribution in [3.8, 4) is 0 Å². The fourth-order valence-electron chi connectivity index (χ4n) is 3.92. The quantitative estimate of drug-likeness (QED) is 0.741. The first-order valence-electron chi connectivity index (χ1n) is 8.78. The van der Waals surface area contributed by atoms with Gasteiger partial charge in [-0.05, 0) is 63.6 Å². The lowest BCUT2D eigenvalue weighted by Gasteiger charge is -2.36. The van der Waals surface area contributed by atoms with E-state index in [4.69, 9.17) is 4.74 Å². The highest BCUT2D eigenvalue weighted by atomic mass is 16.5. The average Bonchev–Trinajstić information content (AvgIpc) is 3.00. The molecule has 1 N–H and O–H groups in total. The van der Waals surface area contributed by atoms with Crippen molar-refractivity contribution < 1.29 is 4.74 Å². The van der Waals surface area contributed by atoms with Crippen molar-refractivity contribution in [2.45, 2.75) is 57.9 Å². The highest BCUT2D eigenvalue weighted by Gasteiger charge is 2.28. The topological polar surface area (TPSA) is 24.5 Å². The molecule has 2 rings (SSSR count). The van der Waals surface area contributed by atoms with Gasteiger partial charge in [0.1, 0.15) is 0 Å². The van der Waals surface area contributed by atoms with Gasteiger partial charge < -0.3 is 15.0 Å². The van der Waals surface area contributed by atoms with Crippen LogP contribution in [0.3, 0.4) is 0 Å². The Balaban J connectivity index is 1.75. The van der Waals surface area contributed by atoms with E-state index >= 15 is 0 Å². The molecule has 20 heavy (non-hydrogen) atoms. The maximum atomic E-state index is 5.30. The van der Waals surface area contributed by atoms with E-state index < -0.39 is 0 Å². The first-order valence-corrected chi connectivity index (χ1v) is 8.78. The first-order chi connectivity index (χ1) is 9.83. The molecule has 0 radical (unpaired) electrons. The fourth-order valence-corrected chi connectivity index (χ4v) is 3.92. The van der Waals surface area contributed by atoms with E-state index in [1.807, 2.05) is 7.11 Å². The van der Waals surface area contributed by atoms with Gasteiger partial charge in [-0.25, -0.2) is 0 Å². The minimum Gasteiger partial charge on any atom is -0.384 e. The van der Waals surface area contributed by atoms with Gasteiger partial charge >= 0.3 is 0 Å². The molecule has 1 aliphatic carbocycles. The van der Waals surface area contributed by atoms with E-state index in [1.54, 1.807) is 0 Å². The third-order valence-corrected chi connectivity index (χ3v) is 5.19. The molecule has 0 aromatic heterocycles. The van der Waals surface area contributed by atoms with Crippen LogP contribution in [0, 0.1) is 11.8 Å². The van der Waals surface area contributed by atoms with Gasteiger partial charge in [-0.2, -0.15) is 0 Å². The number of piperidine rings is 1. The lowest BCUT2D eigenvalue weighted by molar-refractivity contribution is 0.0910. The Morgan fingerprint density at radius 1 is 1.15 bits per heavy atom. The molecule has 3 nitrogen and oxygen atoms in total. The van der Waals surface area contributed by atoms with Gasteiger partial charge in [0.05, 0.1) is 0 Å². The molecule has 118 valence electrons. The lowest BCUT2D eigenvalue weighted by Crippen LogP contribution is -2.47. The van der Waals surface area contributed by atoms with Crippen LogP contribution in [0.4, 0.5) is 0 Å². The number of likely N-dealkylation sites (tertiary alicyclic amines) is 1. The summed E-state index contributed by atoms with van der Waals surface area (Å²) in [6, 6.07) is 0.733. The molecule has 0 amide bonds. The summed E-state index contributed by atoms with van der Waals surface area (Å²) in [6.45, 7) is 8.21. The summed E-state index contributed by atoms with van der Waals surface area (Å²) in [7, 11) is 1.83. The van der Waals surface area contributed by atoms with Gasteiger partial charge in [-0.1, -0.05) is 19.8 Å². The van der Waals surface area contributed by atoms with E-state index in [2.05, 4.69) is 17.1 Å². The third-order valence-electron chi connectivity index (χ3n) is 5.19. The molecular weight excluding hydrogens is 248 g/mol. The van der Waals surface area contributed by atoms with Gasteiger partial charge in [0, 0.05) is 26.3 Å². The molecule has 0 bridgehead atoms. The second-order valence-electron chi connectivity index (χ2n) is 6.80. The van der Waals surface area contributed by atoms with Crippen molar-refractivity contribution in [3.63, 3.8) is 0 Å². The SMILES string of the molecule is CCCNC(CN1CCC(COC)CC1)C1CCCC1.